The first-order chi connectivity index (χ1) is 56.2. The van der Waals surface area contributed by atoms with E-state index in [2.05, 4.69) is 275 Å². The molecule has 0 fully saturated rings. The lowest BCUT2D eigenvalue weighted by molar-refractivity contribution is 0.945. The average Bonchev–Trinajstić information content (AvgIpc) is 0.828. The summed E-state index contributed by atoms with van der Waals surface area (Å²) in [5.74, 6) is 2.10. The molecule has 0 radical (unpaired) electrons. The van der Waals surface area contributed by atoms with E-state index < -0.39 is 0 Å². The van der Waals surface area contributed by atoms with Gasteiger partial charge in [-0.05, 0) is 129 Å². The minimum atomic E-state index is 0.830. The monoisotopic (exact) mass is 1540 g/mol. The van der Waals surface area contributed by atoms with Crippen LogP contribution in [0.15, 0.2) is 250 Å². The Morgan fingerprint density at radius 2 is 0.421 bits per heavy atom. The Hall–Kier alpha value is -11.1. The summed E-state index contributed by atoms with van der Waals surface area (Å²) in [5.41, 5.74) is 28.0. The van der Waals surface area contributed by atoms with Gasteiger partial charge >= 0.3 is 0 Å². The van der Waals surface area contributed by atoms with Gasteiger partial charge in [-0.1, -0.05) is 281 Å². The molecule has 0 spiro atoms. The fourth-order valence-corrected chi connectivity index (χ4v) is 13.0. The maximum atomic E-state index is 4.43. The van der Waals surface area contributed by atoms with E-state index in [4.69, 9.17) is 0 Å². The molecule has 0 saturated heterocycles. The number of anilines is 12. The van der Waals surface area contributed by atoms with Crippen molar-refractivity contribution in [1.82, 2.24) is 34.9 Å². The van der Waals surface area contributed by atoms with Crippen molar-refractivity contribution in [1.29, 1.82) is 0 Å². The minimum Gasteiger partial charge on any atom is -0.344 e. The summed E-state index contributed by atoms with van der Waals surface area (Å²) in [6.07, 6.45) is 20.4. The lowest BCUT2D eigenvalue weighted by Crippen LogP contribution is -2.20. The maximum Gasteiger partial charge on any atom is 0.139 e. The summed E-state index contributed by atoms with van der Waals surface area (Å²) >= 11 is 0. The van der Waals surface area contributed by atoms with E-state index in [9.17, 15) is 0 Å². The van der Waals surface area contributed by atoms with Crippen molar-refractivity contribution < 1.29 is 0 Å². The predicted octanol–water partition coefficient (Wildman–Crippen LogP) is 28.2. The highest BCUT2D eigenvalue weighted by Gasteiger charge is 2.25. The van der Waals surface area contributed by atoms with Crippen LogP contribution in [0.4, 0.5) is 68.5 Å². The zero-order chi connectivity index (χ0) is 85.5. The van der Waals surface area contributed by atoms with Crippen LogP contribution < -0.4 is 29.4 Å². The molecule has 6 aliphatic rings. The highest BCUT2D eigenvalue weighted by atomic mass is 15.2. The Labute approximate surface area is 692 Å². The zero-order valence-electron chi connectivity index (χ0n) is 75.7. The number of nitrogens with zero attached hydrogens (tertiary/aromatic N) is 13. The van der Waals surface area contributed by atoms with Gasteiger partial charge in [-0.25, -0.2) is 15.0 Å². The minimum absolute atomic E-state index is 0.830. The van der Waals surface area contributed by atoms with E-state index in [1.54, 1.807) is 6.33 Å². The standard InChI is InChI=1S/C14H13N.3C13H12N2.2C12H11N3.12C2H6/c1-15-13-8-4-2-6-11(13)10-12-7-3-5-9-14(12)15;1-15-12-7-3-2-5-10(12)9-11-6-4-8-14-13(11)15;1-15-12-6-3-2-5-10(12)9-11-13(15)7-4-8-14-11;1-15-12-5-3-2-4-10(12)8-11-9-14-7-6-13(11)15;1-15-11-4-2-6-13-9(11)8-10-12(15)5-3-7-14-10;1-15-11-5-3-2-4-9(11)6-10-7-13-8-14-12(10)15;12*1-2/h2-9H,10H2,1H3;2*2-8H,9H2,1H3;2-7,9H,8H2,1H3;2-7H,8H2,1H3;2-5,7-8H,6H2,1H3;12*1-2H3. The lowest BCUT2D eigenvalue weighted by atomic mass is 9.96. The fourth-order valence-electron chi connectivity index (χ4n) is 13.0. The Kier molecular flexibility index (Phi) is 52.1. The molecule has 13 nitrogen and oxygen atoms in total. The Morgan fingerprint density at radius 1 is 0.184 bits per heavy atom. The van der Waals surface area contributed by atoms with Crippen molar-refractivity contribution >= 4 is 68.5 Å². The highest BCUT2D eigenvalue weighted by Crippen LogP contribution is 2.41. The molecule has 0 atom stereocenters. The molecular weight excluding hydrogens is 1400 g/mol. The van der Waals surface area contributed by atoms with Gasteiger partial charge in [0.25, 0.3) is 0 Å². The highest BCUT2D eigenvalue weighted by molar-refractivity contribution is 5.77. The molecule has 18 rings (SSSR count). The van der Waals surface area contributed by atoms with E-state index in [1.165, 1.54) is 113 Å². The molecule has 13 heteroatoms. The molecule has 12 heterocycles. The van der Waals surface area contributed by atoms with Crippen molar-refractivity contribution in [3.8, 4) is 0 Å². The molecular formula is C101H143N13. The second-order valence-corrected chi connectivity index (χ2v) is 23.0. The predicted molar refractivity (Wildman–Crippen MR) is 503 cm³/mol. The van der Waals surface area contributed by atoms with Crippen LogP contribution in [-0.2, 0) is 38.5 Å². The Balaban J connectivity index is 0.000000648. The third-order valence-corrected chi connectivity index (χ3v) is 17.5. The van der Waals surface area contributed by atoms with Crippen LogP contribution in [0.2, 0.25) is 0 Å². The van der Waals surface area contributed by atoms with Gasteiger partial charge in [-0.15, -0.1) is 0 Å². The number of fused-ring (bicyclic) bond motifs is 12. The van der Waals surface area contributed by atoms with Gasteiger partial charge in [0.2, 0.25) is 0 Å². The molecule has 12 aromatic rings. The van der Waals surface area contributed by atoms with E-state index in [1.807, 2.05) is 241 Å². The van der Waals surface area contributed by atoms with Crippen LogP contribution in [0.1, 0.15) is 233 Å². The average molecular weight is 1540 g/mol. The summed E-state index contributed by atoms with van der Waals surface area (Å²) in [4.78, 5) is 43.3. The molecule has 0 aliphatic carbocycles. The van der Waals surface area contributed by atoms with Crippen LogP contribution in [0.25, 0.3) is 0 Å². The molecule has 6 aromatic carbocycles. The van der Waals surface area contributed by atoms with Gasteiger partial charge in [0.15, 0.2) is 0 Å². The third-order valence-electron chi connectivity index (χ3n) is 17.5. The van der Waals surface area contributed by atoms with Crippen molar-refractivity contribution in [3.05, 3.63) is 317 Å². The van der Waals surface area contributed by atoms with Gasteiger partial charge < -0.3 is 29.4 Å². The van der Waals surface area contributed by atoms with Crippen LogP contribution in [0.3, 0.4) is 0 Å². The van der Waals surface area contributed by atoms with Gasteiger partial charge in [0.05, 0.1) is 34.1 Å². The molecule has 612 valence electrons. The molecule has 0 bridgehead atoms. The summed E-state index contributed by atoms with van der Waals surface area (Å²) in [6.45, 7) is 48.0. The maximum absolute atomic E-state index is 4.43. The van der Waals surface area contributed by atoms with Crippen molar-refractivity contribution in [2.24, 2.45) is 0 Å². The number of aromatic nitrogens is 7. The smallest absolute Gasteiger partial charge is 0.139 e. The fraction of sp³-hybridized carbons (Fsp3) is 0.356. The number of pyridine rings is 5. The first-order valence-corrected chi connectivity index (χ1v) is 42.5. The number of hydrogen-bond donors (Lipinski definition) is 0. The van der Waals surface area contributed by atoms with Crippen molar-refractivity contribution in [3.63, 3.8) is 0 Å². The van der Waals surface area contributed by atoms with E-state index in [0.717, 1.165) is 61.5 Å². The zero-order valence-corrected chi connectivity index (χ0v) is 75.7. The van der Waals surface area contributed by atoms with Gasteiger partial charge in [0.1, 0.15) is 18.0 Å². The molecule has 0 saturated carbocycles. The van der Waals surface area contributed by atoms with Crippen LogP contribution in [0.5, 0.6) is 0 Å². The quantitative estimate of drug-likeness (QED) is 0.144. The van der Waals surface area contributed by atoms with E-state index in [0.29, 0.717) is 0 Å². The topological polar surface area (TPSA) is 110 Å². The summed E-state index contributed by atoms with van der Waals surface area (Å²) in [6, 6.07) is 69.6. The summed E-state index contributed by atoms with van der Waals surface area (Å²) in [7, 11) is 12.5. The number of benzene rings is 6. The summed E-state index contributed by atoms with van der Waals surface area (Å²) < 4.78 is 0. The van der Waals surface area contributed by atoms with Gasteiger partial charge in [-0.3, -0.25) is 19.9 Å². The Morgan fingerprint density at radius 3 is 0.798 bits per heavy atom. The first-order valence-electron chi connectivity index (χ1n) is 42.5. The number of rotatable bonds is 0. The number of para-hydroxylation sites is 6. The molecule has 114 heavy (non-hydrogen) atoms. The van der Waals surface area contributed by atoms with Crippen LogP contribution in [-0.4, -0.2) is 77.2 Å². The molecule has 0 N–H and O–H groups in total. The lowest BCUT2D eigenvalue weighted by Gasteiger charge is -2.29. The molecule has 0 amide bonds. The summed E-state index contributed by atoms with van der Waals surface area (Å²) in [5, 5.41) is 0. The Bertz CT molecular complexity index is 3500. The molecule has 6 aliphatic heterocycles. The van der Waals surface area contributed by atoms with E-state index in [-0.39, 0.29) is 0 Å². The molecule has 6 aromatic heterocycles. The van der Waals surface area contributed by atoms with Crippen molar-refractivity contribution in [2.75, 3.05) is 71.7 Å². The second-order valence-electron chi connectivity index (χ2n) is 23.0. The van der Waals surface area contributed by atoms with Crippen LogP contribution >= 0.6 is 0 Å². The largest absolute Gasteiger partial charge is 0.344 e. The van der Waals surface area contributed by atoms with E-state index >= 15 is 0 Å². The van der Waals surface area contributed by atoms with Crippen LogP contribution in [0, 0.1) is 0 Å². The SMILES string of the molecule is CC.CC.CC.CC.CC.CC.CC.CC.CC.CC.CC.CC.CN1c2ccccc2Cc2ccccc21.CN1c2ccccc2Cc2cccnc21.CN1c2ccccc2Cc2cnccc21.CN1c2ccccc2Cc2cncnc21.CN1c2ccccc2Cc2ncccc21.CN1c2cccnc2Cc2ncccc21. The first kappa shape index (κ1) is 101. The third kappa shape index (κ3) is 27.1. The van der Waals surface area contributed by atoms with Gasteiger partial charge in [-0.2, -0.15) is 0 Å². The van der Waals surface area contributed by atoms with Gasteiger partial charge in [0, 0.05) is 170 Å². The second kappa shape index (κ2) is 58.8. The van der Waals surface area contributed by atoms with Crippen molar-refractivity contribution in [2.45, 2.75) is 205 Å². The number of hydrogen-bond acceptors (Lipinski definition) is 13. The normalized spacial score (nSPS) is 11.1. The molecule has 0 unspecified atom stereocenters.